The second-order valence-electron chi connectivity index (χ2n) is 17.9. The third kappa shape index (κ3) is 11.5. The summed E-state index contributed by atoms with van der Waals surface area (Å²) in [5.74, 6) is 10.1. The first-order chi connectivity index (χ1) is 33.2. The molecule has 0 aliphatic carbocycles. The van der Waals surface area contributed by atoms with E-state index in [-0.39, 0.29) is 30.9 Å². The first-order valence-electron chi connectivity index (χ1n) is 23.2. The highest BCUT2D eigenvalue weighted by Crippen LogP contribution is 2.47. The third-order valence-corrected chi connectivity index (χ3v) is 14.0. The van der Waals surface area contributed by atoms with E-state index in [0.29, 0.717) is 105 Å². The summed E-state index contributed by atoms with van der Waals surface area (Å²) in [6, 6.07) is 16.2. The third-order valence-electron chi connectivity index (χ3n) is 14.0. The molecule has 4 aromatic rings. The van der Waals surface area contributed by atoms with E-state index in [1.165, 1.54) is 11.1 Å². The van der Waals surface area contributed by atoms with Crippen molar-refractivity contribution in [2.45, 2.75) is 57.0 Å². The zero-order valence-corrected chi connectivity index (χ0v) is 42.5. The largest absolute Gasteiger partial charge is 0.493 e. The number of nitrogens with zero attached hydrogens (tertiary/aromatic N) is 2. The van der Waals surface area contributed by atoms with Crippen molar-refractivity contribution in [2.24, 2.45) is 0 Å². The number of esters is 1. The average Bonchev–Trinajstić information content (AvgIpc) is 3.37. The second kappa shape index (κ2) is 23.2. The molecule has 2 aliphatic heterocycles. The summed E-state index contributed by atoms with van der Waals surface area (Å²) in [4.78, 5) is 26.1. The van der Waals surface area contributed by atoms with Gasteiger partial charge < -0.3 is 61.1 Å². The van der Waals surface area contributed by atoms with Gasteiger partial charge in [0.05, 0.1) is 118 Å². The molecule has 69 heavy (non-hydrogen) atoms. The predicted octanol–water partition coefficient (Wildman–Crippen LogP) is 7.33. The number of ether oxygens (including phenoxy) is 11. The Kier molecular flexibility index (Phi) is 17.4. The minimum absolute atomic E-state index is 0.00445. The molecule has 0 N–H and O–H groups in total. The van der Waals surface area contributed by atoms with Gasteiger partial charge in [0.2, 0.25) is 17.3 Å². The minimum atomic E-state index is -0.720. The van der Waals surface area contributed by atoms with E-state index in [1.807, 2.05) is 24.3 Å². The van der Waals surface area contributed by atoms with Gasteiger partial charge in [-0.1, -0.05) is 0 Å². The first-order valence-corrected chi connectivity index (χ1v) is 23.2. The van der Waals surface area contributed by atoms with E-state index in [0.717, 1.165) is 48.2 Å². The molecule has 6 rings (SSSR count). The molecular formula is C54H70N2O13+2. The fourth-order valence-corrected chi connectivity index (χ4v) is 10.2. The number of carbonyl (C=O) groups is 2. The maximum atomic E-state index is 13.2. The van der Waals surface area contributed by atoms with E-state index in [1.54, 1.807) is 71.1 Å². The van der Waals surface area contributed by atoms with E-state index >= 15 is 0 Å². The first kappa shape index (κ1) is 51.9. The predicted molar refractivity (Wildman–Crippen MR) is 261 cm³/mol. The lowest BCUT2D eigenvalue weighted by molar-refractivity contribution is -0.941. The summed E-state index contributed by atoms with van der Waals surface area (Å²) >= 11 is 0. The summed E-state index contributed by atoms with van der Waals surface area (Å²) in [5, 5.41) is 0. The van der Waals surface area contributed by atoms with E-state index in [4.69, 9.17) is 52.1 Å². The highest BCUT2D eigenvalue weighted by molar-refractivity contribution is 6.01. The molecule has 0 bridgehead atoms. The van der Waals surface area contributed by atoms with Gasteiger partial charge in [-0.25, -0.2) is 4.79 Å². The van der Waals surface area contributed by atoms with Crippen LogP contribution in [0.1, 0.15) is 64.7 Å². The number of Topliss-reactive ketones (excluding diaryl/α,β-unsaturated/α-hetero) is 1. The molecule has 0 saturated heterocycles. The van der Waals surface area contributed by atoms with Crippen molar-refractivity contribution in [3.63, 3.8) is 0 Å². The van der Waals surface area contributed by atoms with Gasteiger partial charge in [-0.2, -0.15) is 0 Å². The van der Waals surface area contributed by atoms with Crippen LogP contribution in [0.3, 0.4) is 0 Å². The van der Waals surface area contributed by atoms with Crippen LogP contribution >= 0.6 is 0 Å². The van der Waals surface area contributed by atoms with Gasteiger partial charge in [-0.15, -0.1) is 0 Å². The number of likely N-dealkylation sites (N-methyl/N-ethyl adjacent to an activating group) is 2. The molecule has 2 heterocycles. The average molecular weight is 955 g/mol. The number of methoxy groups -OCH3 is 10. The van der Waals surface area contributed by atoms with Crippen molar-refractivity contribution in [3.05, 3.63) is 81.9 Å². The van der Waals surface area contributed by atoms with Crippen LogP contribution in [0.4, 0.5) is 0 Å². The molecule has 4 atom stereocenters. The molecule has 0 amide bonds. The van der Waals surface area contributed by atoms with Crippen LogP contribution in [0.2, 0.25) is 0 Å². The lowest BCUT2D eigenvalue weighted by atomic mass is 9.86. The Morgan fingerprint density at radius 1 is 0.493 bits per heavy atom. The molecule has 2 aliphatic rings. The van der Waals surface area contributed by atoms with Gasteiger partial charge in [0.15, 0.2) is 46.0 Å². The van der Waals surface area contributed by atoms with Gasteiger partial charge in [0.1, 0.15) is 12.1 Å². The van der Waals surface area contributed by atoms with Crippen LogP contribution in [-0.4, -0.2) is 139 Å². The van der Waals surface area contributed by atoms with Crippen molar-refractivity contribution >= 4 is 11.8 Å². The quantitative estimate of drug-likeness (QED) is 0.0195. The Morgan fingerprint density at radius 3 is 1.25 bits per heavy atom. The van der Waals surface area contributed by atoms with E-state index < -0.39 is 5.97 Å². The zero-order valence-electron chi connectivity index (χ0n) is 42.5. The normalized spacial score (nSPS) is 19.1. The monoisotopic (exact) mass is 954 g/mol. The fourth-order valence-electron chi connectivity index (χ4n) is 10.2. The number of fused-ring (bicyclic) bond motifs is 2. The minimum Gasteiger partial charge on any atom is -0.493 e. The van der Waals surface area contributed by atoms with Crippen molar-refractivity contribution in [1.82, 2.24) is 0 Å². The molecule has 0 radical (unpaired) electrons. The molecule has 0 saturated carbocycles. The molecule has 15 nitrogen and oxygen atoms in total. The molecular weight excluding hydrogens is 885 g/mol. The Labute approximate surface area is 407 Å². The number of hydrogen-bond acceptors (Lipinski definition) is 13. The summed E-state index contributed by atoms with van der Waals surface area (Å²) in [5.41, 5.74) is 6.72. The van der Waals surface area contributed by atoms with E-state index in [9.17, 15) is 9.59 Å². The lowest BCUT2D eigenvalue weighted by Crippen LogP contribution is -2.52. The SMILES string of the molecule is COc1cc2c(cc1OC)C(Cc1cc(OC)c(OC)c(OC)c1)[N+](C)(CCCOC(=O)C#CC(=O)CCC[N+]1(C)CCc3cc(OC)c(OC)cc3C1Cc1cc(OC)c(OC)c(OC)c1)CC2. The number of quaternary nitrogens is 2. The van der Waals surface area contributed by atoms with Crippen LogP contribution in [-0.2, 0) is 40.0 Å². The lowest BCUT2D eigenvalue weighted by Gasteiger charge is -2.46. The Bertz CT molecular complexity index is 2480. The molecule has 0 spiro atoms. The maximum Gasteiger partial charge on any atom is 0.384 e. The number of ketones is 1. The Morgan fingerprint density at radius 2 is 0.870 bits per heavy atom. The molecule has 0 fully saturated rings. The highest BCUT2D eigenvalue weighted by atomic mass is 16.5. The Hall–Kier alpha value is -6.50. The summed E-state index contributed by atoms with van der Waals surface area (Å²) in [7, 11) is 20.7. The van der Waals surface area contributed by atoms with Crippen molar-refractivity contribution in [3.8, 4) is 69.3 Å². The molecule has 372 valence electrons. The molecule has 4 aromatic carbocycles. The number of carbonyl (C=O) groups excluding carboxylic acids is 2. The highest BCUT2D eigenvalue weighted by Gasteiger charge is 2.42. The summed E-state index contributed by atoms with van der Waals surface area (Å²) < 4.78 is 63.8. The van der Waals surface area contributed by atoms with Crippen molar-refractivity contribution in [1.29, 1.82) is 0 Å². The Balaban J connectivity index is 1.11. The molecule has 4 unspecified atom stereocenters. The van der Waals surface area contributed by atoms with Gasteiger partial charge in [0, 0.05) is 62.0 Å². The number of hydrogen-bond donors (Lipinski definition) is 0. The van der Waals surface area contributed by atoms with Gasteiger partial charge in [-0.05, 0) is 76.7 Å². The van der Waals surface area contributed by atoms with Gasteiger partial charge in [0.25, 0.3) is 0 Å². The topological polar surface area (TPSA) is 136 Å². The van der Waals surface area contributed by atoms with Crippen LogP contribution in [0.25, 0.3) is 0 Å². The molecule has 15 heteroatoms. The van der Waals surface area contributed by atoms with Crippen molar-refractivity contribution < 1.29 is 70.7 Å². The van der Waals surface area contributed by atoms with Gasteiger partial charge in [-0.3, -0.25) is 4.79 Å². The standard InChI is InChI=1S/C54H70N2O13/c1-55(22-18-37-31-44(59-3)46(61-5)33-40(37)42(55)25-35-27-48(63-7)53(67-11)49(28-35)64-8)20-13-15-39(57)16-17-52(58)69-24-14-21-56(2)23-19-38-32-45(60-4)47(62-6)34-41(38)43(56)26-36-29-50(65-9)54(68-12)51(30-36)66-10/h27-34,42-43H,13-15,18-26H2,1-12H3/q+2. The number of rotatable bonds is 22. The smallest absolute Gasteiger partial charge is 0.384 e. The van der Waals surface area contributed by atoms with Crippen molar-refractivity contribution in [2.75, 3.05) is 118 Å². The fraction of sp³-hybridized carbons (Fsp3) is 0.481. The zero-order chi connectivity index (χ0) is 49.9. The van der Waals surface area contributed by atoms with Crippen LogP contribution in [0.5, 0.6) is 57.5 Å². The van der Waals surface area contributed by atoms with Crippen LogP contribution in [0.15, 0.2) is 48.5 Å². The molecule has 0 aromatic heterocycles. The summed E-state index contributed by atoms with van der Waals surface area (Å²) in [6.45, 7) is 3.25. The van der Waals surface area contributed by atoms with E-state index in [2.05, 4.69) is 50.2 Å². The number of benzene rings is 4. The van der Waals surface area contributed by atoms with Crippen LogP contribution in [0, 0.1) is 11.8 Å². The van der Waals surface area contributed by atoms with Gasteiger partial charge >= 0.3 is 5.97 Å². The summed E-state index contributed by atoms with van der Waals surface area (Å²) in [6.07, 6.45) is 4.31. The second-order valence-corrected chi connectivity index (χ2v) is 17.9. The van der Waals surface area contributed by atoms with Crippen LogP contribution < -0.4 is 47.4 Å². The maximum absolute atomic E-state index is 13.2.